The summed E-state index contributed by atoms with van der Waals surface area (Å²) in [7, 11) is 0. The smallest absolute Gasteiger partial charge is 0.0906 e. The molecule has 3 heteroatoms. The zero-order valence-corrected chi connectivity index (χ0v) is 9.35. The Morgan fingerprint density at radius 2 is 1.71 bits per heavy atom. The first kappa shape index (κ1) is 13.4. The summed E-state index contributed by atoms with van der Waals surface area (Å²) in [6.45, 7) is 3.83. The van der Waals surface area contributed by atoms with E-state index in [9.17, 15) is 0 Å². The van der Waals surface area contributed by atoms with E-state index < -0.39 is 0 Å². The molecule has 0 radical (unpaired) electrons. The standard InChI is InChI=1S/C11H24N2O/c1-2-3-4-5-6-9-14-10-7-8-11(12)13/h2-10H2,1H3,(H3,12,13). The Hall–Kier alpha value is -0.570. The van der Waals surface area contributed by atoms with Gasteiger partial charge in [-0.1, -0.05) is 32.6 Å². The van der Waals surface area contributed by atoms with Crippen molar-refractivity contribution in [1.82, 2.24) is 0 Å². The molecule has 14 heavy (non-hydrogen) atoms. The van der Waals surface area contributed by atoms with Crippen LogP contribution in [0.4, 0.5) is 0 Å². The van der Waals surface area contributed by atoms with Crippen LogP contribution in [0, 0.1) is 5.41 Å². The van der Waals surface area contributed by atoms with Gasteiger partial charge in [0.1, 0.15) is 0 Å². The molecule has 0 amide bonds. The van der Waals surface area contributed by atoms with Crippen LogP contribution in [0.15, 0.2) is 0 Å². The van der Waals surface area contributed by atoms with Gasteiger partial charge in [-0.15, -0.1) is 0 Å². The lowest BCUT2D eigenvalue weighted by Gasteiger charge is -2.03. The minimum absolute atomic E-state index is 0.261. The average molecular weight is 200 g/mol. The van der Waals surface area contributed by atoms with Gasteiger partial charge in [0.25, 0.3) is 0 Å². The van der Waals surface area contributed by atoms with Gasteiger partial charge in [0.05, 0.1) is 5.84 Å². The zero-order valence-electron chi connectivity index (χ0n) is 9.35. The zero-order chi connectivity index (χ0) is 10.6. The summed E-state index contributed by atoms with van der Waals surface area (Å²) in [4.78, 5) is 0. The number of unbranched alkanes of at least 4 members (excludes halogenated alkanes) is 4. The molecule has 0 spiro atoms. The molecule has 0 heterocycles. The Labute approximate surface area is 87.5 Å². The van der Waals surface area contributed by atoms with Crippen LogP contribution in [-0.2, 0) is 4.74 Å². The van der Waals surface area contributed by atoms with Crippen LogP contribution in [0.25, 0.3) is 0 Å². The fourth-order valence-electron chi connectivity index (χ4n) is 1.27. The summed E-state index contributed by atoms with van der Waals surface area (Å²) in [5.41, 5.74) is 5.22. The van der Waals surface area contributed by atoms with E-state index in [1.165, 1.54) is 32.1 Å². The number of amidine groups is 1. The van der Waals surface area contributed by atoms with Gasteiger partial charge in [-0.3, -0.25) is 5.41 Å². The Morgan fingerprint density at radius 1 is 1.07 bits per heavy atom. The van der Waals surface area contributed by atoms with Crippen molar-refractivity contribution in [3.05, 3.63) is 0 Å². The summed E-state index contributed by atoms with van der Waals surface area (Å²) in [6, 6.07) is 0. The topological polar surface area (TPSA) is 59.1 Å². The summed E-state index contributed by atoms with van der Waals surface area (Å²) in [5.74, 6) is 0.261. The maximum absolute atomic E-state index is 7.01. The van der Waals surface area contributed by atoms with Crippen molar-refractivity contribution >= 4 is 5.84 Å². The van der Waals surface area contributed by atoms with Gasteiger partial charge in [0.15, 0.2) is 0 Å². The number of nitrogens with one attached hydrogen (secondary N) is 1. The number of nitrogens with two attached hydrogens (primary N) is 1. The van der Waals surface area contributed by atoms with E-state index >= 15 is 0 Å². The summed E-state index contributed by atoms with van der Waals surface area (Å²) in [6.07, 6.45) is 7.94. The molecule has 84 valence electrons. The second kappa shape index (κ2) is 10.5. The van der Waals surface area contributed by atoms with E-state index in [4.69, 9.17) is 15.9 Å². The maximum atomic E-state index is 7.01. The maximum Gasteiger partial charge on any atom is 0.0906 e. The molecular weight excluding hydrogens is 176 g/mol. The van der Waals surface area contributed by atoms with Crippen LogP contribution in [0.1, 0.15) is 51.9 Å². The molecule has 0 fully saturated rings. The molecular formula is C11H24N2O. The molecule has 0 saturated heterocycles. The molecule has 0 aromatic carbocycles. The van der Waals surface area contributed by atoms with Crippen LogP contribution >= 0.6 is 0 Å². The summed E-state index contributed by atoms with van der Waals surface area (Å²) in [5, 5.41) is 7.01. The highest BCUT2D eigenvalue weighted by atomic mass is 16.5. The Morgan fingerprint density at radius 3 is 2.36 bits per heavy atom. The van der Waals surface area contributed by atoms with Crippen LogP contribution in [0.3, 0.4) is 0 Å². The third kappa shape index (κ3) is 11.4. The van der Waals surface area contributed by atoms with E-state index in [1.54, 1.807) is 0 Å². The summed E-state index contributed by atoms with van der Waals surface area (Å²) >= 11 is 0. The molecule has 3 nitrogen and oxygen atoms in total. The minimum Gasteiger partial charge on any atom is -0.388 e. The number of hydrogen-bond acceptors (Lipinski definition) is 2. The number of rotatable bonds is 10. The monoisotopic (exact) mass is 200 g/mol. The van der Waals surface area contributed by atoms with Gasteiger partial charge in [0.2, 0.25) is 0 Å². The van der Waals surface area contributed by atoms with Crippen molar-refractivity contribution in [1.29, 1.82) is 5.41 Å². The fourth-order valence-corrected chi connectivity index (χ4v) is 1.27. The van der Waals surface area contributed by atoms with E-state index in [-0.39, 0.29) is 5.84 Å². The van der Waals surface area contributed by atoms with Crippen LogP contribution in [0.5, 0.6) is 0 Å². The fraction of sp³-hybridized carbons (Fsp3) is 0.909. The number of ether oxygens (including phenoxy) is 1. The highest BCUT2D eigenvalue weighted by Crippen LogP contribution is 2.02. The van der Waals surface area contributed by atoms with Gasteiger partial charge >= 0.3 is 0 Å². The highest BCUT2D eigenvalue weighted by Gasteiger charge is 1.92. The quantitative estimate of drug-likeness (QED) is 0.323. The normalized spacial score (nSPS) is 10.4. The highest BCUT2D eigenvalue weighted by molar-refractivity contribution is 5.76. The first-order valence-electron chi connectivity index (χ1n) is 5.68. The molecule has 0 unspecified atom stereocenters. The molecule has 0 aliphatic heterocycles. The predicted molar refractivity (Wildman–Crippen MR) is 60.7 cm³/mol. The van der Waals surface area contributed by atoms with Crippen molar-refractivity contribution in [2.45, 2.75) is 51.9 Å². The lowest BCUT2D eigenvalue weighted by atomic mass is 10.2. The van der Waals surface area contributed by atoms with E-state index in [1.807, 2.05) is 0 Å². The molecule has 0 aliphatic rings. The molecule has 3 N–H and O–H groups in total. The lowest BCUT2D eigenvalue weighted by Crippen LogP contribution is -2.10. The Kier molecular flexibility index (Phi) is 10.1. The summed E-state index contributed by atoms with van der Waals surface area (Å²) < 4.78 is 5.41. The first-order valence-corrected chi connectivity index (χ1v) is 5.68. The van der Waals surface area contributed by atoms with E-state index in [0.29, 0.717) is 6.42 Å². The van der Waals surface area contributed by atoms with Gasteiger partial charge in [-0.25, -0.2) is 0 Å². The molecule has 0 aliphatic carbocycles. The third-order valence-corrected chi connectivity index (χ3v) is 2.13. The van der Waals surface area contributed by atoms with Gasteiger partial charge in [-0.2, -0.15) is 0 Å². The van der Waals surface area contributed by atoms with Crippen molar-refractivity contribution in [3.8, 4) is 0 Å². The predicted octanol–water partition coefficient (Wildman–Crippen LogP) is 2.69. The third-order valence-electron chi connectivity index (χ3n) is 2.13. The second-order valence-electron chi connectivity index (χ2n) is 3.66. The molecule has 0 bridgehead atoms. The van der Waals surface area contributed by atoms with Crippen LogP contribution in [-0.4, -0.2) is 19.0 Å². The number of hydrogen-bond donors (Lipinski definition) is 2. The Bertz CT molecular complexity index is 137. The molecule has 0 aromatic heterocycles. The first-order chi connectivity index (χ1) is 6.77. The van der Waals surface area contributed by atoms with E-state index in [2.05, 4.69) is 6.92 Å². The van der Waals surface area contributed by atoms with Gasteiger partial charge in [-0.05, 0) is 12.8 Å². The lowest BCUT2D eigenvalue weighted by molar-refractivity contribution is 0.128. The molecule has 0 rings (SSSR count). The SMILES string of the molecule is CCCCCCCOCCCC(=N)N. The van der Waals surface area contributed by atoms with E-state index in [0.717, 1.165) is 19.6 Å². The van der Waals surface area contributed by atoms with Crippen LogP contribution in [0.2, 0.25) is 0 Å². The molecule has 0 aromatic rings. The van der Waals surface area contributed by atoms with Crippen molar-refractivity contribution in [3.63, 3.8) is 0 Å². The minimum atomic E-state index is 0.261. The molecule has 0 saturated carbocycles. The van der Waals surface area contributed by atoms with Gasteiger partial charge < -0.3 is 10.5 Å². The Balaban J connectivity index is 2.88. The van der Waals surface area contributed by atoms with Crippen molar-refractivity contribution < 1.29 is 4.74 Å². The average Bonchev–Trinajstić information content (AvgIpc) is 2.15. The van der Waals surface area contributed by atoms with Gasteiger partial charge in [0, 0.05) is 19.6 Å². The van der Waals surface area contributed by atoms with Crippen molar-refractivity contribution in [2.75, 3.05) is 13.2 Å². The largest absolute Gasteiger partial charge is 0.388 e. The van der Waals surface area contributed by atoms with Crippen molar-refractivity contribution in [2.24, 2.45) is 5.73 Å². The molecule has 0 atom stereocenters. The second-order valence-corrected chi connectivity index (χ2v) is 3.66. The van der Waals surface area contributed by atoms with Crippen LogP contribution < -0.4 is 5.73 Å².